The highest BCUT2D eigenvalue weighted by molar-refractivity contribution is 8.26. The summed E-state index contributed by atoms with van der Waals surface area (Å²) in [5, 5.41) is 1.11. The molecule has 2 aliphatic heterocycles. The largest absolute Gasteiger partial charge is 0.335 e. The average molecular weight is 451 g/mol. The standard InChI is InChI=1S/C24H22N2OS3/c1-3-25-20(16-15-19-23(27)26(4-2)24(28)29-19)30-22(18-13-9-6-10-14-18)21(25)17-11-7-5-8-12-17/h5-16H,3-4H2,1-2H3. The minimum Gasteiger partial charge on any atom is -0.335 e. The molecule has 0 N–H and O–H groups in total. The van der Waals surface area contributed by atoms with Crippen molar-refractivity contribution < 1.29 is 4.79 Å². The summed E-state index contributed by atoms with van der Waals surface area (Å²) in [5.74, 6) is -0.00470. The maximum absolute atomic E-state index is 12.6. The number of allylic oxidation sites excluding steroid dienone is 2. The molecule has 2 aromatic carbocycles. The number of rotatable bonds is 5. The lowest BCUT2D eigenvalue weighted by molar-refractivity contribution is -0.122. The molecule has 1 amide bonds. The van der Waals surface area contributed by atoms with Crippen LogP contribution in [-0.2, 0) is 4.79 Å². The summed E-state index contributed by atoms with van der Waals surface area (Å²) in [5.41, 5.74) is 3.59. The summed E-state index contributed by atoms with van der Waals surface area (Å²) in [4.78, 5) is 18.4. The topological polar surface area (TPSA) is 23.6 Å². The van der Waals surface area contributed by atoms with Crippen LogP contribution in [0.15, 0.2) is 82.7 Å². The maximum atomic E-state index is 12.6. The number of carbonyl (C=O) groups excluding carboxylic acids is 1. The van der Waals surface area contributed by atoms with E-state index in [4.69, 9.17) is 12.2 Å². The van der Waals surface area contributed by atoms with Gasteiger partial charge in [0, 0.05) is 18.0 Å². The van der Waals surface area contributed by atoms with E-state index in [-0.39, 0.29) is 5.91 Å². The van der Waals surface area contributed by atoms with Gasteiger partial charge in [0.25, 0.3) is 5.91 Å². The van der Waals surface area contributed by atoms with Crippen LogP contribution >= 0.6 is 35.7 Å². The third-order valence-corrected chi connectivity index (χ3v) is 7.52. The van der Waals surface area contributed by atoms with E-state index >= 15 is 0 Å². The van der Waals surface area contributed by atoms with Gasteiger partial charge in [-0.3, -0.25) is 9.69 Å². The molecule has 0 aromatic heterocycles. The predicted octanol–water partition coefficient (Wildman–Crippen LogP) is 6.19. The first-order valence-electron chi connectivity index (χ1n) is 9.90. The van der Waals surface area contributed by atoms with Gasteiger partial charge in [-0.1, -0.05) is 96.4 Å². The number of likely N-dealkylation sites (N-methyl/N-ethyl adjacent to an activating group) is 1. The molecular weight excluding hydrogens is 428 g/mol. The molecule has 0 saturated carbocycles. The van der Waals surface area contributed by atoms with Crippen LogP contribution in [0.2, 0.25) is 0 Å². The molecule has 2 heterocycles. The van der Waals surface area contributed by atoms with Gasteiger partial charge in [-0.2, -0.15) is 0 Å². The second-order valence-electron chi connectivity index (χ2n) is 6.71. The fraction of sp³-hybridized carbons (Fsp3) is 0.167. The van der Waals surface area contributed by atoms with Gasteiger partial charge in [0.2, 0.25) is 0 Å². The lowest BCUT2D eigenvalue weighted by Crippen LogP contribution is -2.27. The number of carbonyl (C=O) groups is 1. The van der Waals surface area contributed by atoms with E-state index in [1.807, 2.05) is 25.1 Å². The second kappa shape index (κ2) is 9.25. The fourth-order valence-electron chi connectivity index (χ4n) is 3.48. The molecule has 1 fully saturated rings. The quantitative estimate of drug-likeness (QED) is 0.399. The molecular formula is C24H22N2OS3. The van der Waals surface area contributed by atoms with Gasteiger partial charge in [0.15, 0.2) is 0 Å². The molecule has 1 saturated heterocycles. The first kappa shape index (κ1) is 21.0. The Kier molecular flexibility index (Phi) is 6.46. The Balaban J connectivity index is 1.74. The van der Waals surface area contributed by atoms with Crippen LogP contribution in [0.5, 0.6) is 0 Å². The summed E-state index contributed by atoms with van der Waals surface area (Å²) in [6.45, 7) is 5.54. The van der Waals surface area contributed by atoms with Crippen molar-refractivity contribution >= 4 is 56.6 Å². The minimum atomic E-state index is -0.00470. The molecule has 0 spiro atoms. The summed E-state index contributed by atoms with van der Waals surface area (Å²) >= 11 is 8.46. The Morgan fingerprint density at radius 3 is 2.00 bits per heavy atom. The molecule has 0 unspecified atom stereocenters. The molecule has 0 aliphatic carbocycles. The summed E-state index contributed by atoms with van der Waals surface area (Å²) < 4.78 is 0.631. The summed E-state index contributed by atoms with van der Waals surface area (Å²) in [6.07, 6.45) is 3.96. The molecule has 30 heavy (non-hydrogen) atoms. The third kappa shape index (κ3) is 4.00. The van der Waals surface area contributed by atoms with Crippen LogP contribution in [-0.4, -0.2) is 33.1 Å². The predicted molar refractivity (Wildman–Crippen MR) is 133 cm³/mol. The zero-order chi connectivity index (χ0) is 21.1. The van der Waals surface area contributed by atoms with Crippen LogP contribution < -0.4 is 0 Å². The third-order valence-electron chi connectivity index (χ3n) is 4.92. The number of hydrogen-bond donors (Lipinski definition) is 0. The van der Waals surface area contributed by atoms with E-state index in [2.05, 4.69) is 66.4 Å². The first-order chi connectivity index (χ1) is 14.6. The van der Waals surface area contributed by atoms with Crippen LogP contribution in [0, 0.1) is 0 Å². The van der Waals surface area contributed by atoms with Gasteiger partial charge < -0.3 is 4.90 Å². The van der Waals surface area contributed by atoms with Crippen molar-refractivity contribution in [3.05, 3.63) is 93.9 Å². The zero-order valence-corrected chi connectivity index (χ0v) is 19.3. The molecule has 0 bridgehead atoms. The number of hydrogen-bond acceptors (Lipinski definition) is 5. The van der Waals surface area contributed by atoms with Crippen molar-refractivity contribution in [1.82, 2.24) is 9.80 Å². The number of thiocarbonyl (C=S) groups is 1. The van der Waals surface area contributed by atoms with Crippen molar-refractivity contribution in [1.29, 1.82) is 0 Å². The number of amides is 1. The smallest absolute Gasteiger partial charge is 0.266 e. The van der Waals surface area contributed by atoms with E-state index < -0.39 is 0 Å². The lowest BCUT2D eigenvalue weighted by Gasteiger charge is -2.21. The van der Waals surface area contributed by atoms with E-state index in [1.165, 1.54) is 33.5 Å². The lowest BCUT2D eigenvalue weighted by atomic mass is 10.1. The number of nitrogens with zero attached hydrogens (tertiary/aromatic N) is 2. The van der Waals surface area contributed by atoms with Gasteiger partial charge >= 0.3 is 0 Å². The van der Waals surface area contributed by atoms with E-state index in [0.717, 1.165) is 11.6 Å². The Morgan fingerprint density at radius 2 is 1.43 bits per heavy atom. The summed E-state index contributed by atoms with van der Waals surface area (Å²) in [6, 6.07) is 20.9. The molecule has 2 aromatic rings. The van der Waals surface area contributed by atoms with Crippen molar-refractivity contribution in [2.75, 3.05) is 13.1 Å². The highest BCUT2D eigenvalue weighted by atomic mass is 32.2. The van der Waals surface area contributed by atoms with Crippen molar-refractivity contribution in [2.24, 2.45) is 0 Å². The first-order valence-corrected chi connectivity index (χ1v) is 11.9. The number of thioether (sulfide) groups is 2. The normalized spacial score (nSPS) is 19.7. The van der Waals surface area contributed by atoms with Gasteiger partial charge in [-0.25, -0.2) is 0 Å². The van der Waals surface area contributed by atoms with Crippen LogP contribution in [0.3, 0.4) is 0 Å². The van der Waals surface area contributed by atoms with Crippen LogP contribution in [0.1, 0.15) is 25.0 Å². The molecule has 3 nitrogen and oxygen atoms in total. The van der Waals surface area contributed by atoms with Gasteiger partial charge in [0.05, 0.1) is 15.6 Å². The molecule has 4 rings (SSSR count). The Hall–Kier alpha value is -2.28. The highest BCUT2D eigenvalue weighted by Gasteiger charge is 2.31. The molecule has 2 aliphatic rings. The monoisotopic (exact) mass is 450 g/mol. The SMILES string of the molecule is CCN1C(=O)C(=CC=C2SC(c3ccccc3)=C(c3ccccc3)N2CC)SC1=S. The van der Waals surface area contributed by atoms with Gasteiger partial charge in [-0.05, 0) is 37.1 Å². The van der Waals surface area contributed by atoms with Gasteiger partial charge in [-0.15, -0.1) is 0 Å². The van der Waals surface area contributed by atoms with Crippen LogP contribution in [0.4, 0.5) is 0 Å². The second-order valence-corrected chi connectivity index (χ2v) is 9.42. The summed E-state index contributed by atoms with van der Waals surface area (Å²) in [7, 11) is 0. The molecule has 0 radical (unpaired) electrons. The zero-order valence-electron chi connectivity index (χ0n) is 16.9. The Bertz CT molecular complexity index is 1060. The number of benzene rings is 2. The van der Waals surface area contributed by atoms with Crippen LogP contribution in [0.25, 0.3) is 10.6 Å². The highest BCUT2D eigenvalue weighted by Crippen LogP contribution is 2.50. The van der Waals surface area contributed by atoms with E-state index in [0.29, 0.717) is 15.8 Å². The van der Waals surface area contributed by atoms with E-state index in [9.17, 15) is 4.79 Å². The van der Waals surface area contributed by atoms with Crippen molar-refractivity contribution in [3.63, 3.8) is 0 Å². The molecule has 0 atom stereocenters. The van der Waals surface area contributed by atoms with E-state index in [1.54, 1.807) is 16.7 Å². The molecule has 152 valence electrons. The average Bonchev–Trinajstić information content (AvgIpc) is 3.29. The fourth-order valence-corrected chi connectivity index (χ4v) is 6.06. The Morgan fingerprint density at radius 1 is 0.833 bits per heavy atom. The Labute approximate surface area is 191 Å². The minimum absolute atomic E-state index is 0.00470. The van der Waals surface area contributed by atoms with Crippen molar-refractivity contribution in [2.45, 2.75) is 13.8 Å². The maximum Gasteiger partial charge on any atom is 0.266 e. The van der Waals surface area contributed by atoms with Crippen molar-refractivity contribution in [3.8, 4) is 0 Å². The van der Waals surface area contributed by atoms with Gasteiger partial charge in [0.1, 0.15) is 4.32 Å². The molecule has 6 heteroatoms.